The molecular formula is C46H61F2N9O4. The molecule has 2 aromatic heterocycles. The summed E-state index contributed by atoms with van der Waals surface area (Å²) in [5.41, 5.74) is 2.27. The second kappa shape index (κ2) is 17.5. The fourth-order valence-electron chi connectivity index (χ4n) is 10.3. The quantitative estimate of drug-likeness (QED) is 0.118. The Morgan fingerprint density at radius 2 is 1.51 bits per heavy atom. The molecule has 8 rings (SSSR count). The molecule has 15 heteroatoms. The number of likely N-dealkylation sites (tertiary alicyclic amines) is 2. The van der Waals surface area contributed by atoms with Crippen LogP contribution in [0, 0.1) is 23.5 Å². The van der Waals surface area contributed by atoms with Crippen molar-refractivity contribution in [1.29, 1.82) is 0 Å². The number of amides is 4. The number of rotatable bonds is 14. The van der Waals surface area contributed by atoms with Gasteiger partial charge in [0.05, 0.1) is 28.8 Å². The Bertz CT molecular complexity index is 2300. The highest BCUT2D eigenvalue weighted by atomic mass is 19.1. The third-order valence-corrected chi connectivity index (χ3v) is 14.3. The molecule has 2 aromatic carbocycles. The molecule has 0 spiro atoms. The van der Waals surface area contributed by atoms with Crippen LogP contribution in [0.1, 0.15) is 90.5 Å². The molecule has 61 heavy (non-hydrogen) atoms. The Kier molecular flexibility index (Phi) is 12.3. The molecule has 4 aromatic rings. The number of benzene rings is 2. The van der Waals surface area contributed by atoms with Crippen LogP contribution in [-0.4, -0.2) is 111 Å². The Balaban J connectivity index is 1.14. The maximum absolute atomic E-state index is 14.9. The van der Waals surface area contributed by atoms with Crippen LogP contribution in [-0.2, 0) is 32.1 Å². The molecule has 7 atom stereocenters. The van der Waals surface area contributed by atoms with Crippen LogP contribution in [0.15, 0.2) is 36.4 Å². The zero-order valence-corrected chi connectivity index (χ0v) is 36.1. The molecule has 328 valence electrons. The van der Waals surface area contributed by atoms with Crippen molar-refractivity contribution in [2.45, 2.75) is 134 Å². The molecule has 4 aliphatic rings. The van der Waals surface area contributed by atoms with Crippen LogP contribution in [0.3, 0.4) is 0 Å². The van der Waals surface area contributed by atoms with Gasteiger partial charge in [-0.25, -0.2) is 13.8 Å². The van der Waals surface area contributed by atoms with E-state index in [0.717, 1.165) is 68.7 Å². The number of nitrogens with zero attached hydrogens (tertiary/aromatic N) is 4. The lowest BCUT2D eigenvalue weighted by molar-refractivity contribution is -0.139. The van der Waals surface area contributed by atoms with Gasteiger partial charge in [0.15, 0.2) is 5.82 Å². The van der Waals surface area contributed by atoms with E-state index < -0.39 is 35.3 Å². The van der Waals surface area contributed by atoms with Gasteiger partial charge in [0.2, 0.25) is 23.6 Å². The van der Waals surface area contributed by atoms with Crippen LogP contribution < -0.4 is 21.3 Å². The highest BCUT2D eigenvalue weighted by molar-refractivity contribution is 5.97. The predicted molar refractivity (Wildman–Crippen MR) is 230 cm³/mol. The number of carbonyl (C=O) groups excluding carboxylic acids is 4. The first-order valence-corrected chi connectivity index (χ1v) is 22.4. The van der Waals surface area contributed by atoms with Gasteiger partial charge in [-0.1, -0.05) is 26.2 Å². The summed E-state index contributed by atoms with van der Waals surface area (Å²) in [7, 11) is 3.44. The fraction of sp³-hybridized carbons (Fsp3) is 0.587. The summed E-state index contributed by atoms with van der Waals surface area (Å²) in [5, 5.41) is 13.0. The SMILES string of the molecule is CN[C@@H](C)C(=O)N[C@H](C(=O)N1CCC[C@H]1Cn1c(-c2[nH]c3cc(F)ccc3c2C[C@@H]2CCCN2C(=O)C2(NC(=O)[C@H](C)NC)CC2C)nc2cc(F)ccc21)C1CCCCC1. The van der Waals surface area contributed by atoms with Crippen LogP contribution in [0.5, 0.6) is 0 Å². The van der Waals surface area contributed by atoms with Gasteiger partial charge in [-0.2, -0.15) is 0 Å². The average molecular weight is 842 g/mol. The molecule has 13 nitrogen and oxygen atoms in total. The maximum atomic E-state index is 14.9. The number of hydrogen-bond acceptors (Lipinski definition) is 7. The number of likely N-dealkylation sites (N-methyl/N-ethyl adjacent to an activating group) is 2. The number of imidazole rings is 1. The van der Waals surface area contributed by atoms with Crippen LogP contribution >= 0.6 is 0 Å². The Labute approximate surface area is 356 Å². The molecule has 2 aliphatic carbocycles. The molecule has 2 unspecified atom stereocenters. The second-order valence-corrected chi connectivity index (χ2v) is 18.1. The Morgan fingerprint density at radius 1 is 0.852 bits per heavy atom. The summed E-state index contributed by atoms with van der Waals surface area (Å²) < 4.78 is 31.8. The lowest BCUT2D eigenvalue weighted by Gasteiger charge is -2.35. The first-order valence-electron chi connectivity index (χ1n) is 22.4. The molecule has 4 heterocycles. The van der Waals surface area contributed by atoms with E-state index in [1.807, 2.05) is 21.3 Å². The second-order valence-electron chi connectivity index (χ2n) is 18.1. The number of fused-ring (bicyclic) bond motifs is 2. The third-order valence-electron chi connectivity index (χ3n) is 14.3. The van der Waals surface area contributed by atoms with E-state index >= 15 is 0 Å². The van der Waals surface area contributed by atoms with E-state index in [0.29, 0.717) is 60.5 Å². The van der Waals surface area contributed by atoms with Crippen LogP contribution in [0.2, 0.25) is 0 Å². The molecule has 2 aliphatic heterocycles. The van der Waals surface area contributed by atoms with E-state index in [2.05, 4.69) is 26.3 Å². The standard InChI is InChI=1S/C46H61F2N9O4/c1-26-24-46(26,54-43(59)28(3)50-5)45(61)56-20-9-13-32(56)23-35-34-17-15-30(47)21-36(34)51-40(35)41-52-37-22-31(48)16-18-38(37)57(41)25-33-14-10-19-55(33)44(60)39(29-11-7-6-8-12-29)53-42(58)27(2)49-4/h15-18,21-22,26-29,32-33,39,49-51H,6-14,19-20,23-25H2,1-5H3,(H,53,58)(H,54,59)/t26?,27-,28-,32-,33-,39-,46?/m0/s1. The molecule has 0 radical (unpaired) electrons. The minimum Gasteiger partial charge on any atom is -0.352 e. The predicted octanol–water partition coefficient (Wildman–Crippen LogP) is 5.16. The zero-order chi connectivity index (χ0) is 43.2. The first kappa shape index (κ1) is 42.8. The molecule has 2 saturated heterocycles. The van der Waals surface area contributed by atoms with Crippen molar-refractivity contribution in [2.75, 3.05) is 27.2 Å². The molecule has 2 saturated carbocycles. The number of nitrogens with one attached hydrogen (secondary N) is 5. The molecule has 4 amide bonds. The zero-order valence-electron chi connectivity index (χ0n) is 36.1. The minimum atomic E-state index is -0.955. The normalized spacial score (nSPS) is 24.6. The minimum absolute atomic E-state index is 0.00524. The largest absolute Gasteiger partial charge is 0.352 e. The third kappa shape index (κ3) is 8.27. The van der Waals surface area contributed by atoms with E-state index in [1.165, 1.54) is 24.3 Å². The van der Waals surface area contributed by atoms with Crippen LogP contribution in [0.4, 0.5) is 8.78 Å². The van der Waals surface area contributed by atoms with E-state index in [1.54, 1.807) is 40.1 Å². The van der Waals surface area contributed by atoms with Crippen molar-refractivity contribution < 1.29 is 28.0 Å². The number of aromatic amines is 1. The van der Waals surface area contributed by atoms with E-state index in [-0.39, 0.29) is 47.5 Å². The monoisotopic (exact) mass is 841 g/mol. The lowest BCUT2D eigenvalue weighted by atomic mass is 9.83. The van der Waals surface area contributed by atoms with Gasteiger partial charge in [0.25, 0.3) is 0 Å². The van der Waals surface area contributed by atoms with Crippen molar-refractivity contribution in [3.63, 3.8) is 0 Å². The van der Waals surface area contributed by atoms with Gasteiger partial charge in [0.1, 0.15) is 23.2 Å². The molecule has 0 bridgehead atoms. The number of H-pyrrole nitrogens is 1. The van der Waals surface area contributed by atoms with Crippen molar-refractivity contribution in [3.8, 4) is 11.5 Å². The topological polar surface area (TPSA) is 156 Å². The van der Waals surface area contributed by atoms with E-state index in [4.69, 9.17) is 4.98 Å². The van der Waals surface area contributed by atoms with Gasteiger partial charge in [0, 0.05) is 48.7 Å². The van der Waals surface area contributed by atoms with Crippen molar-refractivity contribution in [2.24, 2.45) is 11.8 Å². The van der Waals surface area contributed by atoms with Gasteiger partial charge in [-0.15, -0.1) is 0 Å². The summed E-state index contributed by atoms with van der Waals surface area (Å²) in [6, 6.07) is 7.20. The lowest BCUT2D eigenvalue weighted by Crippen LogP contribution is -2.56. The highest BCUT2D eigenvalue weighted by Gasteiger charge is 2.61. The summed E-state index contributed by atoms with van der Waals surface area (Å²) in [6.07, 6.45) is 9.00. The Hall–Kier alpha value is -4.89. The average Bonchev–Trinajstić information content (AvgIpc) is 3.80. The number of hydrogen-bond donors (Lipinski definition) is 5. The number of aromatic nitrogens is 3. The van der Waals surface area contributed by atoms with Crippen molar-refractivity contribution >= 4 is 45.6 Å². The van der Waals surface area contributed by atoms with E-state index in [9.17, 15) is 28.0 Å². The molecular weight excluding hydrogens is 781 g/mol. The summed E-state index contributed by atoms with van der Waals surface area (Å²) in [4.78, 5) is 67.8. The summed E-state index contributed by atoms with van der Waals surface area (Å²) in [6.45, 7) is 7.02. The maximum Gasteiger partial charge on any atom is 0.248 e. The number of halogens is 2. The van der Waals surface area contributed by atoms with Crippen LogP contribution in [0.25, 0.3) is 33.5 Å². The Morgan fingerprint density at radius 3 is 2.21 bits per heavy atom. The summed E-state index contributed by atoms with van der Waals surface area (Å²) in [5.74, 6) is -0.830. The summed E-state index contributed by atoms with van der Waals surface area (Å²) >= 11 is 0. The van der Waals surface area contributed by atoms with Gasteiger partial charge >= 0.3 is 0 Å². The fourth-order valence-corrected chi connectivity index (χ4v) is 10.3. The van der Waals surface area contributed by atoms with Crippen molar-refractivity contribution in [3.05, 3.63) is 53.6 Å². The number of carbonyl (C=O) groups is 4. The van der Waals surface area contributed by atoms with Gasteiger partial charge in [-0.05, 0) is 127 Å². The molecule has 5 N–H and O–H groups in total. The van der Waals surface area contributed by atoms with Gasteiger partial charge in [-0.3, -0.25) is 19.2 Å². The first-order chi connectivity index (χ1) is 29.3. The molecule has 4 fully saturated rings. The van der Waals surface area contributed by atoms with Gasteiger partial charge < -0.3 is 40.6 Å². The smallest absolute Gasteiger partial charge is 0.248 e. The van der Waals surface area contributed by atoms with Crippen molar-refractivity contribution in [1.82, 2.24) is 45.6 Å². The highest BCUT2D eigenvalue weighted by Crippen LogP contribution is 2.46.